The van der Waals surface area contributed by atoms with Crippen molar-refractivity contribution < 1.29 is 14.6 Å². The first-order valence-corrected chi connectivity index (χ1v) is 9.07. The number of H-pyrrole nitrogens is 1. The Morgan fingerprint density at radius 2 is 2.04 bits per heavy atom. The van der Waals surface area contributed by atoms with E-state index < -0.39 is 5.60 Å². The van der Waals surface area contributed by atoms with Crippen LogP contribution in [0.25, 0.3) is 11.3 Å². The Labute approximate surface area is 158 Å². The van der Waals surface area contributed by atoms with Gasteiger partial charge in [-0.05, 0) is 26.3 Å². The van der Waals surface area contributed by atoms with Gasteiger partial charge >= 0.3 is 6.09 Å². The van der Waals surface area contributed by atoms with Gasteiger partial charge in [-0.3, -0.25) is 4.79 Å². The molecule has 0 bridgehead atoms. The van der Waals surface area contributed by atoms with Crippen molar-refractivity contribution >= 4 is 6.09 Å². The molecule has 1 unspecified atom stereocenters. The molecule has 2 aromatic rings. The zero-order chi connectivity index (χ0) is 19.6. The number of carbonyl (C=O) groups is 1. The molecule has 7 nitrogen and oxygen atoms in total. The predicted molar refractivity (Wildman–Crippen MR) is 101 cm³/mol. The van der Waals surface area contributed by atoms with Crippen molar-refractivity contribution in [2.45, 2.75) is 51.4 Å². The van der Waals surface area contributed by atoms with Gasteiger partial charge in [0.2, 0.25) is 0 Å². The zero-order valence-electron chi connectivity index (χ0n) is 15.8. The Morgan fingerprint density at radius 1 is 1.33 bits per heavy atom. The summed E-state index contributed by atoms with van der Waals surface area (Å²) in [6, 6.07) is 7.60. The second-order valence-corrected chi connectivity index (χ2v) is 7.60. The molecular weight excluding hydrogens is 346 g/mol. The molecule has 1 aliphatic heterocycles. The molecule has 0 spiro atoms. The van der Waals surface area contributed by atoms with Gasteiger partial charge < -0.3 is 19.7 Å². The van der Waals surface area contributed by atoms with Gasteiger partial charge in [-0.2, -0.15) is 0 Å². The van der Waals surface area contributed by atoms with E-state index in [0.29, 0.717) is 25.1 Å². The van der Waals surface area contributed by atoms with Crippen LogP contribution in [0.2, 0.25) is 0 Å². The molecule has 1 aromatic heterocycles. The number of nitrogens with one attached hydrogen (secondary N) is 1. The highest BCUT2D eigenvalue weighted by Crippen LogP contribution is 2.29. The molecule has 0 radical (unpaired) electrons. The Hall–Kier alpha value is -2.67. The minimum atomic E-state index is -0.857. The lowest BCUT2D eigenvalue weighted by atomic mass is 9.97. The van der Waals surface area contributed by atoms with Crippen LogP contribution in [0.4, 0.5) is 4.79 Å². The van der Waals surface area contributed by atoms with Crippen molar-refractivity contribution in [2.24, 2.45) is 0 Å². The monoisotopic (exact) mass is 371 g/mol. The number of aliphatic hydroxyl groups is 1. The lowest BCUT2D eigenvalue weighted by Gasteiger charge is -2.37. The number of aromatic amines is 1. The van der Waals surface area contributed by atoms with E-state index >= 15 is 0 Å². The molecule has 3 rings (SSSR count). The number of benzene rings is 1. The number of nitrogens with zero attached hydrogens (tertiary/aromatic N) is 2. The Kier molecular flexibility index (Phi) is 5.32. The van der Waals surface area contributed by atoms with Gasteiger partial charge in [0.15, 0.2) is 0 Å². The first-order valence-electron chi connectivity index (χ1n) is 9.07. The average molecular weight is 371 g/mol. The van der Waals surface area contributed by atoms with Crippen LogP contribution in [0.3, 0.4) is 0 Å². The number of rotatable bonds is 5. The van der Waals surface area contributed by atoms with Gasteiger partial charge in [0.25, 0.3) is 5.56 Å². The number of amides is 1. The van der Waals surface area contributed by atoms with Crippen LogP contribution in [-0.4, -0.2) is 44.3 Å². The third-order valence-corrected chi connectivity index (χ3v) is 4.75. The molecule has 0 saturated carbocycles. The molecule has 2 heterocycles. The topological polar surface area (TPSA) is 95.5 Å². The lowest BCUT2D eigenvalue weighted by molar-refractivity contribution is -0.0309. The minimum absolute atomic E-state index is 0.127. The van der Waals surface area contributed by atoms with E-state index in [2.05, 4.69) is 9.97 Å². The van der Waals surface area contributed by atoms with Crippen LogP contribution in [-0.2, 0) is 4.74 Å². The largest absolute Gasteiger partial charge is 0.446 e. The first kappa shape index (κ1) is 19.1. The van der Waals surface area contributed by atoms with E-state index in [0.717, 1.165) is 11.1 Å². The van der Waals surface area contributed by atoms with Gasteiger partial charge in [-0.15, -0.1) is 0 Å². The van der Waals surface area contributed by atoms with E-state index in [9.17, 15) is 14.7 Å². The zero-order valence-corrected chi connectivity index (χ0v) is 15.8. The fourth-order valence-corrected chi connectivity index (χ4v) is 3.31. The van der Waals surface area contributed by atoms with Crippen molar-refractivity contribution in [3.63, 3.8) is 0 Å². The van der Waals surface area contributed by atoms with Gasteiger partial charge in [-0.25, -0.2) is 9.78 Å². The number of hydrogen-bond donors (Lipinski definition) is 2. The number of aromatic nitrogens is 2. The maximum atomic E-state index is 12.4. The summed E-state index contributed by atoms with van der Waals surface area (Å²) in [5.74, 6) is 0. The highest BCUT2D eigenvalue weighted by molar-refractivity contribution is 5.69. The van der Waals surface area contributed by atoms with Crippen LogP contribution in [0.15, 0.2) is 41.5 Å². The summed E-state index contributed by atoms with van der Waals surface area (Å²) in [4.78, 5) is 31.9. The van der Waals surface area contributed by atoms with Crippen molar-refractivity contribution in [3.8, 4) is 11.3 Å². The van der Waals surface area contributed by atoms with E-state index in [1.54, 1.807) is 24.9 Å². The van der Waals surface area contributed by atoms with E-state index in [-0.39, 0.29) is 23.8 Å². The molecule has 1 aromatic carbocycles. The number of cyclic esters (lactones) is 1. The van der Waals surface area contributed by atoms with Crippen LogP contribution >= 0.6 is 0 Å². The van der Waals surface area contributed by atoms with E-state index in [1.165, 1.54) is 6.20 Å². The number of ether oxygens (including phenoxy) is 1. The molecule has 1 fully saturated rings. The van der Waals surface area contributed by atoms with Gasteiger partial charge in [0.05, 0.1) is 23.5 Å². The molecule has 27 heavy (non-hydrogen) atoms. The quantitative estimate of drug-likeness (QED) is 0.843. The highest BCUT2D eigenvalue weighted by Gasteiger charge is 2.33. The Balaban J connectivity index is 1.67. The van der Waals surface area contributed by atoms with Crippen molar-refractivity contribution in [2.75, 3.05) is 6.54 Å². The van der Waals surface area contributed by atoms with Crippen molar-refractivity contribution in [1.82, 2.24) is 14.9 Å². The molecule has 1 saturated heterocycles. The van der Waals surface area contributed by atoms with Gasteiger partial charge in [0.1, 0.15) is 6.10 Å². The summed E-state index contributed by atoms with van der Waals surface area (Å²) >= 11 is 0. The summed E-state index contributed by atoms with van der Waals surface area (Å²) in [7, 11) is 0. The lowest BCUT2D eigenvalue weighted by Crippen LogP contribution is -2.45. The van der Waals surface area contributed by atoms with Gasteiger partial charge in [0, 0.05) is 31.1 Å². The van der Waals surface area contributed by atoms with Crippen LogP contribution in [0.5, 0.6) is 0 Å². The molecule has 1 aliphatic rings. The van der Waals surface area contributed by atoms with Crippen molar-refractivity contribution in [3.05, 3.63) is 52.6 Å². The summed E-state index contributed by atoms with van der Waals surface area (Å²) in [5, 5.41) is 9.91. The minimum Gasteiger partial charge on any atom is -0.446 e. The molecule has 7 heteroatoms. The third kappa shape index (κ3) is 4.74. The smallest absolute Gasteiger partial charge is 0.410 e. The molecule has 0 aliphatic carbocycles. The summed E-state index contributed by atoms with van der Waals surface area (Å²) < 4.78 is 5.51. The second kappa shape index (κ2) is 7.52. The maximum Gasteiger partial charge on any atom is 0.410 e. The second-order valence-electron chi connectivity index (χ2n) is 7.60. The summed E-state index contributed by atoms with van der Waals surface area (Å²) in [5.41, 5.74) is 1.45. The summed E-state index contributed by atoms with van der Waals surface area (Å²) in [6.07, 6.45) is 3.34. The van der Waals surface area contributed by atoms with Crippen molar-refractivity contribution in [1.29, 1.82) is 0 Å². The van der Waals surface area contributed by atoms with Crippen LogP contribution in [0, 0.1) is 0 Å². The van der Waals surface area contributed by atoms with Crippen LogP contribution < -0.4 is 5.56 Å². The molecule has 1 amide bonds. The Bertz CT molecular complexity index is 834. The maximum absolute atomic E-state index is 12.4. The Morgan fingerprint density at radius 3 is 2.59 bits per heavy atom. The normalized spacial score (nSPS) is 18.9. The van der Waals surface area contributed by atoms with E-state index in [1.807, 2.05) is 31.2 Å². The van der Waals surface area contributed by atoms with Crippen LogP contribution in [0.1, 0.15) is 45.2 Å². The summed E-state index contributed by atoms with van der Waals surface area (Å²) in [6.45, 7) is 5.98. The van der Waals surface area contributed by atoms with E-state index in [4.69, 9.17) is 4.74 Å². The molecular formula is C20H25N3O4. The molecule has 2 atom stereocenters. The standard InChI is InChI=1S/C20H25N3O4/c1-13(23-9-8-16(27-19(23)25)10-20(2,3)26)14-4-6-15(7-5-14)17-11-22-18(24)12-21-17/h4-7,11-13,16,26H,8-10H2,1-3H3,(H,22,24)/t13?,16-/m0/s1. The highest BCUT2D eigenvalue weighted by atomic mass is 16.6. The first-order chi connectivity index (χ1) is 12.7. The fraction of sp³-hybridized carbons (Fsp3) is 0.450. The molecule has 2 N–H and O–H groups in total. The predicted octanol–water partition coefficient (Wildman–Crippen LogP) is 2.87. The number of hydrogen-bond acceptors (Lipinski definition) is 5. The molecule has 144 valence electrons. The number of carbonyl (C=O) groups excluding carboxylic acids is 1. The third-order valence-electron chi connectivity index (χ3n) is 4.75. The fourth-order valence-electron chi connectivity index (χ4n) is 3.31. The average Bonchev–Trinajstić information content (AvgIpc) is 2.61. The van der Waals surface area contributed by atoms with Gasteiger partial charge in [-0.1, -0.05) is 24.3 Å². The SMILES string of the molecule is CC(c1ccc(-c2c[nH]c(=O)cn2)cc1)N1CC[C@@H](CC(C)(C)O)OC1=O.